The molecule has 5 aromatic rings. The number of carbonyl (C=O) groups excluding carboxylic acids is 10. The van der Waals surface area contributed by atoms with Gasteiger partial charge in [-0.15, -0.1) is 55.4 Å². The molecule has 0 spiro atoms. The monoisotopic (exact) mass is 2040 g/mol. The van der Waals surface area contributed by atoms with Gasteiger partial charge in [0.05, 0.1) is 117 Å². The van der Waals surface area contributed by atoms with Gasteiger partial charge in [-0.05, 0) is 64.2 Å². The third kappa shape index (κ3) is 27.3. The van der Waals surface area contributed by atoms with Crippen molar-refractivity contribution in [3.05, 3.63) is 80.7 Å². The van der Waals surface area contributed by atoms with E-state index in [-0.39, 0.29) is 97.9 Å². The Labute approximate surface area is 766 Å². The zero-order chi connectivity index (χ0) is 97.1. The second kappa shape index (κ2) is 44.1. The van der Waals surface area contributed by atoms with Gasteiger partial charge in [0.25, 0.3) is 29.5 Å². The number of nitrogens with zero attached hydrogens (tertiary/aromatic N) is 17. The summed E-state index contributed by atoms with van der Waals surface area (Å²) in [6, 6.07) is -13.8. The number of urea groups is 5. The van der Waals surface area contributed by atoms with Crippen LogP contribution in [0.5, 0.6) is 0 Å². The van der Waals surface area contributed by atoms with Gasteiger partial charge in [-0.3, -0.25) is 75.9 Å². The van der Waals surface area contributed by atoms with E-state index < -0.39 is 202 Å². The van der Waals surface area contributed by atoms with Crippen LogP contribution in [0.15, 0.2) is 53.6 Å². The maximum atomic E-state index is 12.3. The van der Waals surface area contributed by atoms with Gasteiger partial charge in [0.15, 0.2) is 5.13 Å². The van der Waals surface area contributed by atoms with Gasteiger partial charge < -0.3 is 68.0 Å². The fourth-order valence-electron chi connectivity index (χ4n) is 15.0. The fourth-order valence-corrected chi connectivity index (χ4v) is 18.8. The first-order chi connectivity index (χ1) is 62.5. The lowest BCUT2D eigenvalue weighted by atomic mass is 10.0. The number of anilines is 1. The normalized spacial score (nSPS) is 23.7. The topological polar surface area (TPSA) is 858 Å². The van der Waals surface area contributed by atoms with Crippen LogP contribution < -0.4 is 61.8 Å². The number of piperidine rings is 5. The highest BCUT2D eigenvalue weighted by atomic mass is 32.3. The zero-order valence-electron chi connectivity index (χ0n) is 69.3. The summed E-state index contributed by atoms with van der Waals surface area (Å²) < 4.78 is 177. The van der Waals surface area contributed by atoms with Gasteiger partial charge in [-0.25, -0.2) is 71.3 Å². The third-order valence-corrected chi connectivity index (χ3v) is 25.4. The quantitative estimate of drug-likeness (QED) is 0.0133. The van der Waals surface area contributed by atoms with E-state index in [4.69, 9.17) is 81.4 Å². The van der Waals surface area contributed by atoms with Crippen LogP contribution in [0.2, 0.25) is 0 Å². The number of fused-ring (bicyclic) bond motifs is 10. The molecule has 10 fully saturated rings. The maximum Gasteiger partial charge on any atom is 0.418 e. The number of aromatic nitrogens is 7. The number of thiazole rings is 3. The lowest BCUT2D eigenvalue weighted by Crippen LogP contribution is -2.50. The molecule has 15 heterocycles. The number of hydrogen-bond donors (Lipinski definition) is 16. The van der Waals surface area contributed by atoms with E-state index in [1.807, 2.05) is 0 Å². The molecule has 15 amide bonds. The molecule has 738 valence electrons. The molecular formula is C62H92N28O35S8. The van der Waals surface area contributed by atoms with E-state index in [2.05, 4.69) is 73.7 Å². The predicted octanol–water partition coefficient (Wildman–Crippen LogP) is -5.90. The third-order valence-electron chi connectivity index (χ3n) is 21.1. The van der Waals surface area contributed by atoms with Crippen molar-refractivity contribution >= 4 is 151 Å². The van der Waals surface area contributed by atoms with E-state index >= 15 is 0 Å². The largest absolute Gasteiger partial charge is 0.418 e. The minimum atomic E-state index is -4.84. The van der Waals surface area contributed by atoms with Crippen LogP contribution in [0.25, 0.3) is 0 Å². The molecule has 15 rings (SSSR count). The molecule has 22 N–H and O–H groups in total. The molecule has 10 aliphatic heterocycles. The Morgan fingerprint density at radius 2 is 0.752 bits per heavy atom. The van der Waals surface area contributed by atoms with E-state index in [1.165, 1.54) is 48.7 Å². The lowest BCUT2D eigenvalue weighted by molar-refractivity contribution is -0.139. The number of nitrogen functional groups attached to an aromatic ring is 1. The van der Waals surface area contributed by atoms with Crippen LogP contribution in [-0.4, -0.2) is 335 Å². The summed E-state index contributed by atoms with van der Waals surface area (Å²) in [6.45, 7) is 0.415. The number of carbonyl (C=O) groups is 10. The summed E-state index contributed by atoms with van der Waals surface area (Å²) in [5.41, 5.74) is 49.2. The van der Waals surface area contributed by atoms with Crippen molar-refractivity contribution in [2.75, 3.05) is 71.5 Å². The van der Waals surface area contributed by atoms with Crippen LogP contribution in [0.3, 0.4) is 0 Å². The Hall–Kier alpha value is -10.2. The molecule has 5 unspecified atom stereocenters. The SMILES string of the molecule is Cn1ccnc1C(N)CONC(=O)[C@@H]1CC[C@@H]2CN1C(=O)N2OS(=O)(=O)O.Cn1cncc1C(N)CONC(=O)[C@@H]1CC[C@@H]2CN1C(=O)N2OS(=O)(=O)O.NC(CONC(=O)[C@@H]1CC[C@@H]2CN1C(=O)N2OS(=O)(=O)O)c1cncs1.NC(CONC(=O)[C@@H]1CC[C@@H]2CN1C(=O)N2OS(=O)(=O)O)c1nccs1.Nc1nc(C(N)CONC(=O)[C@@H]2CC[C@@H]3CN2C(=O)N3OS(=O)(=O)O)cs1. The number of nitrogens with one attached hydrogen (secondary N) is 5. The standard InChI is InChI=1S/2C13H20N6O7S.C12H18N6O7S2.2C12H17N5O7S2/c1-17-7-15-4-11(17)9(14)6-25-16-12(20)10-3-2-8-5-18(10)13(21)19(8)26-27(22,23)24;1-17-5-4-15-11(17)9(14)7-25-16-12(20)10-3-2-8-6-18(10)13(21)19(8)26-27(22,23)24;13-7(8-5-26-11(14)15-8)4-24-16-10(19)9-2-1-6-3-17(9)12(20)18(6)25-27(21,22)23;13-8(10-3-14-6-25-10)5-23-15-11(18)9-2-1-7-4-16(9)12(19)17(7)24-26(20,21)22;13-8(11-14-3-4-25-11)6-23-15-10(18)9-2-1-7-5-16(9)12(19)17(7)24-26(20,21)22/h4,7-10H,2-3,5-6,14H2,1H3,(H,16,20)(H,22,23,24);4-5,8-10H,2-3,6-7,14H2,1H3,(H,16,20)(H,22,23,24);5-7,9H,1-4,13H2,(H2,14,15)(H,16,19)(H,21,22,23);3,6-9H,1-2,4-5,13H2,(H,15,18)(H,20,21,22);3-4,7-9H,1-2,5-6,13H2,(H,15,18)(H,20,21,22)/t2*8-,9?,10+;6-,7?,9+;2*7-,8?,9+/m11111/s1. The van der Waals surface area contributed by atoms with Gasteiger partial charge in [-0.2, -0.15) is 67.4 Å². The van der Waals surface area contributed by atoms with Crippen molar-refractivity contribution in [1.29, 1.82) is 0 Å². The second-order valence-corrected chi connectivity index (χ2v) is 37.9. The van der Waals surface area contributed by atoms with Gasteiger partial charge in [0, 0.05) is 93.4 Å². The minimum Gasteiger partial charge on any atom is -0.375 e. The second-order valence-electron chi connectivity index (χ2n) is 30.2. The molecule has 0 aliphatic carbocycles. The van der Waals surface area contributed by atoms with E-state index in [0.717, 1.165) is 20.4 Å². The van der Waals surface area contributed by atoms with Crippen molar-refractivity contribution in [3.63, 3.8) is 0 Å². The van der Waals surface area contributed by atoms with Gasteiger partial charge in [0.1, 0.15) is 41.0 Å². The van der Waals surface area contributed by atoms with Crippen LogP contribution >= 0.6 is 34.0 Å². The molecule has 133 heavy (non-hydrogen) atoms. The Morgan fingerprint density at radius 3 is 1.03 bits per heavy atom. The molecular weight excluding hydrogens is 1950 g/mol. The van der Waals surface area contributed by atoms with Crippen molar-refractivity contribution in [1.82, 2.24) is 111 Å². The van der Waals surface area contributed by atoms with Gasteiger partial charge in [-0.1, -0.05) is 0 Å². The molecule has 0 radical (unpaired) electrons. The highest BCUT2D eigenvalue weighted by molar-refractivity contribution is 7.81. The minimum absolute atomic E-state index is 0.000533. The fraction of sp³-hybridized carbons (Fsp3) is 0.597. The molecule has 63 nitrogen and oxygen atoms in total. The summed E-state index contributed by atoms with van der Waals surface area (Å²) in [5.74, 6) is -2.24. The Bertz CT molecular complexity index is 5310. The van der Waals surface area contributed by atoms with Crippen LogP contribution in [-0.2, 0) is 136 Å². The number of imidazole rings is 2. The average molecular weight is 2050 g/mol. The number of hydroxylamine groups is 15. The van der Waals surface area contributed by atoms with Crippen LogP contribution in [0.4, 0.5) is 29.1 Å². The van der Waals surface area contributed by atoms with E-state index in [9.17, 15) is 90.0 Å². The zero-order valence-corrected chi connectivity index (χ0v) is 75.8. The van der Waals surface area contributed by atoms with Gasteiger partial charge >= 0.3 is 82.2 Å². The summed E-state index contributed by atoms with van der Waals surface area (Å²) >= 11 is 3.95. The smallest absolute Gasteiger partial charge is 0.375 e. The molecule has 10 saturated heterocycles. The summed E-state index contributed by atoms with van der Waals surface area (Å²) in [7, 11) is -20.6. The van der Waals surface area contributed by atoms with Crippen molar-refractivity contribution in [2.45, 2.75) is 155 Å². The molecule has 5 aromatic heterocycles. The molecule has 10 bridgehead atoms. The predicted molar refractivity (Wildman–Crippen MR) is 439 cm³/mol. The number of aryl methyl sites for hydroxylation is 2. The average Bonchev–Trinajstić information content (AvgIpc) is 1.64. The maximum absolute atomic E-state index is 12.3. The number of hydrogen-bond acceptors (Lipinski definition) is 44. The number of amides is 15. The first-order valence-corrected chi connectivity index (χ1v) is 48.6. The highest BCUT2D eigenvalue weighted by Gasteiger charge is 2.55. The molecule has 10 aliphatic rings. The summed E-state index contributed by atoms with van der Waals surface area (Å²) in [6.07, 6.45) is 12.7. The number of rotatable bonds is 35. The molecule has 0 saturated carbocycles. The van der Waals surface area contributed by atoms with Crippen molar-refractivity contribution in [3.8, 4) is 0 Å². The number of nitrogens with two attached hydrogens (primary N) is 6. The molecule has 15 atom stereocenters. The summed E-state index contributed by atoms with van der Waals surface area (Å²) in [4.78, 5) is 175. The first-order valence-electron chi connectivity index (χ1n) is 39.1. The lowest BCUT2D eigenvalue weighted by Gasteiger charge is -2.29. The van der Waals surface area contributed by atoms with Gasteiger partial charge in [0.2, 0.25) is 0 Å². The molecule has 0 aromatic carbocycles. The Morgan fingerprint density at radius 1 is 0.421 bits per heavy atom. The summed E-state index contributed by atoms with van der Waals surface area (Å²) in [5, 5.41) is 7.32. The molecule has 71 heteroatoms. The van der Waals surface area contributed by atoms with Crippen LogP contribution in [0.1, 0.15) is 122 Å². The first kappa shape index (κ1) is 103. The van der Waals surface area contributed by atoms with Crippen molar-refractivity contribution < 1.29 is 158 Å². The Kier molecular flexibility index (Phi) is 34.2. The van der Waals surface area contributed by atoms with E-state index in [0.29, 0.717) is 79.1 Å². The van der Waals surface area contributed by atoms with E-state index in [1.54, 1.807) is 76.8 Å². The van der Waals surface area contributed by atoms with Crippen molar-refractivity contribution in [2.24, 2.45) is 42.8 Å². The van der Waals surface area contributed by atoms with Crippen LogP contribution in [0, 0.1) is 0 Å². The highest BCUT2D eigenvalue weighted by Crippen LogP contribution is 2.37. The Balaban J connectivity index is 0.000000160.